The van der Waals surface area contributed by atoms with Crippen LogP contribution in [-0.4, -0.2) is 32.9 Å². The van der Waals surface area contributed by atoms with Crippen LogP contribution in [0, 0.1) is 5.92 Å². The minimum atomic E-state index is 0.231. The lowest BCUT2D eigenvalue weighted by Gasteiger charge is -2.10. The molecule has 0 aromatic carbocycles. The monoisotopic (exact) mass is 299 g/mol. The van der Waals surface area contributed by atoms with Crippen LogP contribution in [-0.2, 0) is 6.54 Å². The molecular formula is C13H21N3OS2. The largest absolute Gasteiger partial charge is 0.396 e. The molecule has 0 aliphatic heterocycles. The molecule has 0 amide bonds. The first-order chi connectivity index (χ1) is 9.11. The zero-order valence-electron chi connectivity index (χ0n) is 11.6. The molecule has 0 aliphatic carbocycles. The average Bonchev–Trinajstić information content (AvgIpc) is 2.93. The Morgan fingerprint density at radius 2 is 2.26 bits per heavy atom. The Labute approximate surface area is 122 Å². The maximum Gasteiger partial charge on any atom is 0.194 e. The molecule has 0 spiro atoms. The molecule has 19 heavy (non-hydrogen) atoms. The van der Waals surface area contributed by atoms with Gasteiger partial charge in [-0.05, 0) is 5.92 Å². The van der Waals surface area contributed by atoms with E-state index in [1.165, 1.54) is 5.69 Å². The van der Waals surface area contributed by atoms with Crippen LogP contribution in [0.5, 0.6) is 0 Å². The Bertz CT molecular complexity index is 521. The van der Waals surface area contributed by atoms with Crippen molar-refractivity contribution in [3.63, 3.8) is 0 Å². The third-order valence-electron chi connectivity index (χ3n) is 2.82. The second-order valence-corrected chi connectivity index (χ2v) is 6.94. The molecule has 2 rings (SSSR count). The highest BCUT2D eigenvalue weighted by atomic mass is 32.2. The van der Waals surface area contributed by atoms with E-state index in [1.54, 1.807) is 23.1 Å². The number of thioether (sulfide) groups is 1. The first kappa shape index (κ1) is 14.8. The van der Waals surface area contributed by atoms with Crippen molar-refractivity contribution in [3.05, 3.63) is 17.3 Å². The standard InChI is InChI=1S/C13H21N3OS2/c1-9(2)14-6-11-12(19-8-10(3)7-17)15-13-16(11)4-5-18-13/h4-5,9-10,14,17H,6-8H2,1-3H3. The van der Waals surface area contributed by atoms with E-state index in [0.717, 1.165) is 22.3 Å². The van der Waals surface area contributed by atoms with Crippen molar-refractivity contribution >= 4 is 28.1 Å². The fourth-order valence-corrected chi connectivity index (χ4v) is 3.49. The molecule has 2 aromatic heterocycles. The van der Waals surface area contributed by atoms with Gasteiger partial charge in [-0.3, -0.25) is 4.40 Å². The number of aromatic nitrogens is 2. The molecule has 2 aromatic rings. The molecule has 0 fully saturated rings. The summed E-state index contributed by atoms with van der Waals surface area (Å²) in [6.07, 6.45) is 2.07. The highest BCUT2D eigenvalue weighted by molar-refractivity contribution is 7.99. The van der Waals surface area contributed by atoms with Gasteiger partial charge in [0.25, 0.3) is 0 Å². The Balaban J connectivity index is 2.16. The molecule has 0 saturated heterocycles. The fraction of sp³-hybridized carbons (Fsp3) is 0.615. The number of aliphatic hydroxyl groups excluding tert-OH is 1. The summed E-state index contributed by atoms with van der Waals surface area (Å²) in [5.41, 5.74) is 1.22. The van der Waals surface area contributed by atoms with E-state index in [4.69, 9.17) is 5.11 Å². The van der Waals surface area contributed by atoms with E-state index in [1.807, 2.05) is 0 Å². The number of imidazole rings is 1. The van der Waals surface area contributed by atoms with E-state index in [-0.39, 0.29) is 6.61 Å². The molecule has 0 radical (unpaired) electrons. The van der Waals surface area contributed by atoms with Crippen LogP contribution in [0.2, 0.25) is 0 Å². The first-order valence-electron chi connectivity index (χ1n) is 6.53. The Morgan fingerprint density at radius 3 is 2.95 bits per heavy atom. The minimum Gasteiger partial charge on any atom is -0.396 e. The smallest absolute Gasteiger partial charge is 0.194 e. The van der Waals surface area contributed by atoms with Gasteiger partial charge in [-0.25, -0.2) is 4.98 Å². The van der Waals surface area contributed by atoms with Gasteiger partial charge in [-0.15, -0.1) is 23.1 Å². The lowest BCUT2D eigenvalue weighted by molar-refractivity contribution is 0.250. The predicted molar refractivity (Wildman–Crippen MR) is 82.0 cm³/mol. The maximum atomic E-state index is 9.11. The third kappa shape index (κ3) is 3.72. The number of thiazole rings is 1. The zero-order valence-corrected chi connectivity index (χ0v) is 13.2. The van der Waals surface area contributed by atoms with Crippen molar-refractivity contribution in [2.24, 2.45) is 5.92 Å². The van der Waals surface area contributed by atoms with Gasteiger partial charge in [0.05, 0.1) is 5.69 Å². The second-order valence-electron chi connectivity index (χ2n) is 5.05. The Morgan fingerprint density at radius 1 is 1.47 bits per heavy atom. The van der Waals surface area contributed by atoms with Gasteiger partial charge in [0.1, 0.15) is 5.03 Å². The van der Waals surface area contributed by atoms with Crippen LogP contribution in [0.1, 0.15) is 26.5 Å². The average molecular weight is 299 g/mol. The summed E-state index contributed by atoms with van der Waals surface area (Å²) < 4.78 is 2.16. The summed E-state index contributed by atoms with van der Waals surface area (Å²) >= 11 is 3.39. The number of hydrogen-bond acceptors (Lipinski definition) is 5. The van der Waals surface area contributed by atoms with E-state index in [9.17, 15) is 0 Å². The van der Waals surface area contributed by atoms with Crippen LogP contribution in [0.4, 0.5) is 0 Å². The van der Waals surface area contributed by atoms with Gasteiger partial charge < -0.3 is 10.4 Å². The fourth-order valence-electron chi connectivity index (χ4n) is 1.66. The van der Waals surface area contributed by atoms with Crippen molar-refractivity contribution in [1.29, 1.82) is 0 Å². The number of nitrogens with zero attached hydrogens (tertiary/aromatic N) is 2. The Hall–Kier alpha value is -0.560. The summed E-state index contributed by atoms with van der Waals surface area (Å²) in [6, 6.07) is 0.457. The number of rotatable bonds is 7. The molecule has 6 heteroatoms. The van der Waals surface area contributed by atoms with Crippen molar-refractivity contribution in [1.82, 2.24) is 14.7 Å². The lowest BCUT2D eigenvalue weighted by Crippen LogP contribution is -2.23. The van der Waals surface area contributed by atoms with Crippen LogP contribution < -0.4 is 5.32 Å². The van der Waals surface area contributed by atoms with Crippen molar-refractivity contribution in [2.75, 3.05) is 12.4 Å². The molecule has 0 saturated carbocycles. The van der Waals surface area contributed by atoms with E-state index in [0.29, 0.717) is 12.0 Å². The maximum absolute atomic E-state index is 9.11. The highest BCUT2D eigenvalue weighted by Gasteiger charge is 2.14. The molecule has 1 atom stereocenters. The van der Waals surface area contributed by atoms with Gasteiger partial charge in [0, 0.05) is 36.5 Å². The summed E-state index contributed by atoms with van der Waals surface area (Å²) in [6.45, 7) is 7.40. The summed E-state index contributed by atoms with van der Waals surface area (Å²) in [7, 11) is 0. The van der Waals surface area contributed by atoms with Gasteiger partial charge in [-0.1, -0.05) is 20.8 Å². The van der Waals surface area contributed by atoms with E-state index >= 15 is 0 Å². The van der Waals surface area contributed by atoms with Crippen molar-refractivity contribution < 1.29 is 5.11 Å². The van der Waals surface area contributed by atoms with Gasteiger partial charge in [0.15, 0.2) is 4.96 Å². The van der Waals surface area contributed by atoms with Crippen LogP contribution in [0.15, 0.2) is 16.6 Å². The normalized spacial score (nSPS) is 13.5. The lowest BCUT2D eigenvalue weighted by atomic mass is 10.2. The number of nitrogens with one attached hydrogen (secondary N) is 1. The Kier molecular flexibility index (Phi) is 5.27. The minimum absolute atomic E-state index is 0.231. The molecular weight excluding hydrogens is 278 g/mol. The van der Waals surface area contributed by atoms with Gasteiger partial charge in [-0.2, -0.15) is 0 Å². The molecule has 106 valence electrons. The van der Waals surface area contributed by atoms with Crippen LogP contribution in [0.25, 0.3) is 4.96 Å². The second kappa shape index (κ2) is 6.74. The SMILES string of the molecule is CC(CO)CSc1nc2sccn2c1CNC(C)C. The molecule has 0 bridgehead atoms. The van der Waals surface area contributed by atoms with Crippen LogP contribution >= 0.6 is 23.1 Å². The van der Waals surface area contributed by atoms with Gasteiger partial charge >= 0.3 is 0 Å². The number of fused-ring (bicyclic) bond motifs is 1. The molecule has 2 heterocycles. The third-order valence-corrected chi connectivity index (χ3v) is 4.91. The summed E-state index contributed by atoms with van der Waals surface area (Å²) in [5.74, 6) is 1.20. The van der Waals surface area contributed by atoms with Crippen molar-refractivity contribution in [3.8, 4) is 0 Å². The van der Waals surface area contributed by atoms with E-state index < -0.39 is 0 Å². The molecule has 0 aliphatic rings. The zero-order chi connectivity index (χ0) is 13.8. The molecule has 2 N–H and O–H groups in total. The number of hydrogen-bond donors (Lipinski definition) is 2. The number of aliphatic hydroxyl groups is 1. The topological polar surface area (TPSA) is 49.6 Å². The highest BCUT2D eigenvalue weighted by Crippen LogP contribution is 2.27. The molecule has 1 unspecified atom stereocenters. The molecule has 4 nitrogen and oxygen atoms in total. The summed E-state index contributed by atoms with van der Waals surface area (Å²) in [5, 5.41) is 15.7. The first-order valence-corrected chi connectivity index (χ1v) is 8.39. The van der Waals surface area contributed by atoms with Gasteiger partial charge in [0.2, 0.25) is 0 Å². The van der Waals surface area contributed by atoms with Crippen molar-refractivity contribution in [2.45, 2.75) is 38.4 Å². The van der Waals surface area contributed by atoms with E-state index in [2.05, 4.69) is 47.0 Å². The predicted octanol–water partition coefficient (Wildman–Crippen LogP) is 2.61. The van der Waals surface area contributed by atoms with Crippen LogP contribution in [0.3, 0.4) is 0 Å². The summed E-state index contributed by atoms with van der Waals surface area (Å²) in [4.78, 5) is 5.72. The quantitative estimate of drug-likeness (QED) is 0.772.